The Morgan fingerprint density at radius 2 is 1.73 bits per heavy atom. The first-order valence-electron chi connectivity index (χ1n) is 12.5. The number of esters is 1. The lowest BCUT2D eigenvalue weighted by molar-refractivity contribution is -0.138. The summed E-state index contributed by atoms with van der Waals surface area (Å²) in [6.45, 7) is 8.36. The topological polar surface area (TPSA) is 83.1 Å². The van der Waals surface area contributed by atoms with Crippen LogP contribution in [0.25, 0.3) is 0 Å². The van der Waals surface area contributed by atoms with Crippen molar-refractivity contribution in [1.29, 1.82) is 0 Å². The maximum absolute atomic E-state index is 13.5. The molecule has 0 radical (unpaired) electrons. The van der Waals surface area contributed by atoms with Crippen molar-refractivity contribution in [3.8, 4) is 17.2 Å². The van der Waals surface area contributed by atoms with Gasteiger partial charge in [0, 0.05) is 34.9 Å². The zero-order valence-electron chi connectivity index (χ0n) is 22.4. The van der Waals surface area contributed by atoms with Crippen LogP contribution in [0.3, 0.4) is 0 Å². The molecule has 0 unspecified atom stereocenters. The number of nitrogens with one attached hydrogen (secondary N) is 1. The van der Waals surface area contributed by atoms with Crippen molar-refractivity contribution in [2.75, 3.05) is 20.8 Å². The second-order valence-corrected chi connectivity index (χ2v) is 10.2. The summed E-state index contributed by atoms with van der Waals surface area (Å²) >= 11 is 0. The second kappa shape index (κ2) is 10.7. The van der Waals surface area contributed by atoms with E-state index in [1.54, 1.807) is 21.1 Å². The molecule has 2 aliphatic rings. The van der Waals surface area contributed by atoms with Crippen molar-refractivity contribution in [1.82, 2.24) is 5.32 Å². The molecule has 0 bridgehead atoms. The number of hydrogen-bond donors (Lipinski definition) is 1. The fourth-order valence-electron chi connectivity index (χ4n) is 5.14. The van der Waals surface area contributed by atoms with Gasteiger partial charge in [0.15, 0.2) is 5.78 Å². The first-order valence-corrected chi connectivity index (χ1v) is 12.5. The number of Topliss-reactive ketones (excluding diaryl/α,β-unsaturated/α-hetero) is 1. The van der Waals surface area contributed by atoms with E-state index in [0.29, 0.717) is 41.4 Å². The van der Waals surface area contributed by atoms with Crippen LogP contribution in [0.1, 0.15) is 57.6 Å². The van der Waals surface area contributed by atoms with Crippen molar-refractivity contribution in [2.45, 2.75) is 53.1 Å². The van der Waals surface area contributed by atoms with Crippen LogP contribution in [0, 0.1) is 5.41 Å². The molecule has 1 heterocycles. The zero-order valence-corrected chi connectivity index (χ0v) is 22.4. The largest absolute Gasteiger partial charge is 0.497 e. The number of ketones is 1. The number of dihydropyridines is 1. The maximum atomic E-state index is 13.5. The van der Waals surface area contributed by atoms with E-state index in [1.807, 2.05) is 49.4 Å². The zero-order chi connectivity index (χ0) is 26.7. The van der Waals surface area contributed by atoms with Crippen LogP contribution in [0.5, 0.6) is 17.2 Å². The Morgan fingerprint density at radius 3 is 2.38 bits per heavy atom. The lowest BCUT2D eigenvalue weighted by Gasteiger charge is -2.39. The van der Waals surface area contributed by atoms with Gasteiger partial charge in [-0.1, -0.05) is 26.0 Å². The minimum absolute atomic E-state index is 0.0453. The van der Waals surface area contributed by atoms with Crippen molar-refractivity contribution in [2.24, 2.45) is 5.41 Å². The Morgan fingerprint density at radius 1 is 1.03 bits per heavy atom. The molecule has 1 aliphatic carbocycles. The summed E-state index contributed by atoms with van der Waals surface area (Å²) in [6, 6.07) is 13.1. The Labute approximate surface area is 218 Å². The molecule has 0 aromatic heterocycles. The number of ether oxygens (including phenoxy) is 4. The molecule has 0 amide bonds. The summed E-state index contributed by atoms with van der Waals surface area (Å²) in [5, 5.41) is 3.36. The third kappa shape index (κ3) is 5.50. The van der Waals surface area contributed by atoms with Crippen LogP contribution in [-0.4, -0.2) is 32.6 Å². The van der Waals surface area contributed by atoms with Gasteiger partial charge in [-0.3, -0.25) is 4.79 Å². The molecule has 37 heavy (non-hydrogen) atoms. The van der Waals surface area contributed by atoms with Gasteiger partial charge in [0.05, 0.1) is 26.4 Å². The number of allylic oxidation sites excluding steroid dienone is 3. The number of benzene rings is 2. The van der Waals surface area contributed by atoms with Crippen LogP contribution >= 0.6 is 0 Å². The summed E-state index contributed by atoms with van der Waals surface area (Å²) in [5.41, 5.74) is 4.17. The average molecular weight is 506 g/mol. The molecule has 0 spiro atoms. The minimum Gasteiger partial charge on any atom is -0.497 e. The SMILES string of the molecule is CCOC(=O)C1=C(C)NC2=C(C(=O)CC(C)(C)C2)[C@H]1c1ccc(COc2ccc(OC)cc2)c(OC)c1. The highest BCUT2D eigenvalue weighted by atomic mass is 16.5. The van der Waals surface area contributed by atoms with Crippen molar-refractivity contribution >= 4 is 11.8 Å². The average Bonchev–Trinajstić information content (AvgIpc) is 2.86. The van der Waals surface area contributed by atoms with Crippen molar-refractivity contribution in [3.05, 3.63) is 76.1 Å². The van der Waals surface area contributed by atoms with Gasteiger partial charge in [-0.15, -0.1) is 0 Å². The monoisotopic (exact) mass is 505 g/mol. The standard InChI is InChI=1S/C30H35NO6/c1-7-36-29(33)26-18(2)31-23-15-30(3,4)16-24(32)28(23)27(26)19-8-9-20(25(14-19)35-6)17-37-22-12-10-21(34-5)11-13-22/h8-14,27,31H,7,15-17H2,1-6H3/t27-/m0/s1. The third-order valence-corrected chi connectivity index (χ3v) is 6.83. The molecule has 1 aliphatic heterocycles. The summed E-state index contributed by atoms with van der Waals surface area (Å²) in [7, 11) is 3.22. The van der Waals surface area contributed by atoms with Crippen molar-refractivity contribution in [3.63, 3.8) is 0 Å². The van der Waals surface area contributed by atoms with E-state index in [1.165, 1.54) is 0 Å². The summed E-state index contributed by atoms with van der Waals surface area (Å²) in [5.74, 6) is 1.17. The third-order valence-electron chi connectivity index (χ3n) is 6.83. The number of hydrogen-bond acceptors (Lipinski definition) is 7. The molecular weight excluding hydrogens is 470 g/mol. The Hall–Kier alpha value is -3.74. The highest BCUT2D eigenvalue weighted by Crippen LogP contribution is 2.47. The highest BCUT2D eigenvalue weighted by molar-refractivity contribution is 6.04. The molecule has 4 rings (SSSR count). The fourth-order valence-corrected chi connectivity index (χ4v) is 5.14. The summed E-state index contributed by atoms with van der Waals surface area (Å²) in [4.78, 5) is 26.6. The van der Waals surface area contributed by atoms with Gasteiger partial charge in [-0.2, -0.15) is 0 Å². The van der Waals surface area contributed by atoms with Crippen LogP contribution in [0.15, 0.2) is 65.0 Å². The van der Waals surface area contributed by atoms with Gasteiger partial charge in [-0.05, 0) is 61.6 Å². The predicted molar refractivity (Wildman–Crippen MR) is 141 cm³/mol. The summed E-state index contributed by atoms with van der Waals surface area (Å²) < 4.78 is 22.3. The number of methoxy groups -OCH3 is 2. The van der Waals surface area contributed by atoms with Gasteiger partial charge in [0.25, 0.3) is 0 Å². The smallest absolute Gasteiger partial charge is 0.336 e. The van der Waals surface area contributed by atoms with Gasteiger partial charge < -0.3 is 24.3 Å². The van der Waals surface area contributed by atoms with E-state index >= 15 is 0 Å². The molecule has 7 heteroatoms. The lowest BCUT2D eigenvalue weighted by Crippen LogP contribution is -2.38. The van der Waals surface area contributed by atoms with Gasteiger partial charge >= 0.3 is 5.97 Å². The molecule has 196 valence electrons. The fraction of sp³-hybridized carbons (Fsp3) is 0.400. The van der Waals surface area contributed by atoms with E-state index in [9.17, 15) is 9.59 Å². The first kappa shape index (κ1) is 26.3. The Balaban J connectivity index is 1.71. The minimum atomic E-state index is -0.538. The number of rotatable bonds is 8. The molecular formula is C30H35NO6. The number of carbonyl (C=O) groups excluding carboxylic acids is 2. The van der Waals surface area contributed by atoms with Crippen LogP contribution in [-0.2, 0) is 20.9 Å². The van der Waals surface area contributed by atoms with Gasteiger partial charge in [-0.25, -0.2) is 4.79 Å². The first-order chi connectivity index (χ1) is 17.7. The van der Waals surface area contributed by atoms with E-state index in [2.05, 4.69) is 19.2 Å². The molecule has 0 fully saturated rings. The second-order valence-electron chi connectivity index (χ2n) is 10.2. The van der Waals surface area contributed by atoms with E-state index in [4.69, 9.17) is 18.9 Å². The normalized spacial score (nSPS) is 18.6. The molecule has 1 N–H and O–H groups in total. The van der Waals surface area contributed by atoms with Crippen LogP contribution in [0.2, 0.25) is 0 Å². The van der Waals surface area contributed by atoms with Gasteiger partial charge in [0.1, 0.15) is 23.9 Å². The molecule has 0 saturated carbocycles. The molecule has 2 aromatic rings. The highest BCUT2D eigenvalue weighted by Gasteiger charge is 2.43. The van der Waals surface area contributed by atoms with Gasteiger partial charge in [0.2, 0.25) is 0 Å². The molecule has 1 atom stereocenters. The van der Waals surface area contributed by atoms with E-state index in [0.717, 1.165) is 29.0 Å². The van der Waals surface area contributed by atoms with Crippen LogP contribution < -0.4 is 19.5 Å². The lowest BCUT2D eigenvalue weighted by atomic mass is 9.68. The Kier molecular flexibility index (Phi) is 7.62. The number of carbonyl (C=O) groups is 2. The predicted octanol–water partition coefficient (Wildman–Crippen LogP) is 5.45. The van der Waals surface area contributed by atoms with Crippen LogP contribution in [0.4, 0.5) is 0 Å². The molecule has 2 aromatic carbocycles. The molecule has 0 saturated heterocycles. The van der Waals surface area contributed by atoms with Crippen molar-refractivity contribution < 1.29 is 28.5 Å². The summed E-state index contributed by atoms with van der Waals surface area (Å²) in [6.07, 6.45) is 1.15. The Bertz CT molecular complexity index is 1260. The maximum Gasteiger partial charge on any atom is 0.336 e. The molecule has 7 nitrogen and oxygen atoms in total. The quantitative estimate of drug-likeness (QED) is 0.478. The van der Waals surface area contributed by atoms with E-state index in [-0.39, 0.29) is 17.8 Å². The van der Waals surface area contributed by atoms with E-state index < -0.39 is 11.9 Å².